The summed E-state index contributed by atoms with van der Waals surface area (Å²) in [6.45, 7) is 4.18. The molecule has 1 amide bonds. The Morgan fingerprint density at radius 1 is 0.917 bits per heavy atom. The monoisotopic (exact) mass is 507 g/mol. The van der Waals surface area contributed by atoms with Crippen LogP contribution in [0.1, 0.15) is 100 Å². The number of hydrogen-bond donors (Lipinski definition) is 2. The number of quaternary nitrogens is 1. The first-order valence-corrected chi connectivity index (χ1v) is 13.8. The van der Waals surface area contributed by atoms with Gasteiger partial charge in [-0.1, -0.05) is 70.6 Å². The number of hydrogen-bond acceptors (Lipinski definition) is 8. The zero-order valence-electron chi connectivity index (χ0n) is 21.8. The molecule has 1 aromatic rings. The molecule has 0 bridgehead atoms. The molecule has 2 heterocycles. The van der Waals surface area contributed by atoms with Crippen molar-refractivity contribution in [1.29, 1.82) is 0 Å². The van der Waals surface area contributed by atoms with Gasteiger partial charge in [-0.2, -0.15) is 0 Å². The van der Waals surface area contributed by atoms with Crippen LogP contribution in [0.3, 0.4) is 0 Å². The number of piperazine rings is 1. The standard InChI is InChI=1S/C26H45N5O5/c32-26(24-15-16-25(28-23-24)29-20-17-27-18-21-29)30(33)19-13-11-9-7-5-3-1-2-4-6-8-10-12-14-22-36-31(34)35/h15-16,23,27,30H,1-14,17-22H2. The van der Waals surface area contributed by atoms with Gasteiger partial charge in [-0.3, -0.25) is 0 Å². The number of hydroxylamine groups is 2. The van der Waals surface area contributed by atoms with Gasteiger partial charge in [0.05, 0.1) is 18.7 Å². The van der Waals surface area contributed by atoms with Crippen LogP contribution in [0.25, 0.3) is 0 Å². The van der Waals surface area contributed by atoms with E-state index in [1.807, 2.05) is 6.07 Å². The third-order valence-corrected chi connectivity index (χ3v) is 6.70. The average molecular weight is 508 g/mol. The van der Waals surface area contributed by atoms with Gasteiger partial charge in [-0.05, 0) is 31.4 Å². The van der Waals surface area contributed by atoms with Crippen molar-refractivity contribution < 1.29 is 19.8 Å². The number of aromatic nitrogens is 1. The molecule has 10 heteroatoms. The number of anilines is 1. The molecule has 2 N–H and O–H groups in total. The fraction of sp³-hybridized carbons (Fsp3) is 0.769. The molecule has 2 rings (SSSR count). The van der Waals surface area contributed by atoms with Gasteiger partial charge in [-0.25, -0.2) is 9.78 Å². The summed E-state index contributed by atoms with van der Waals surface area (Å²) < 4.78 is 0. The molecular formula is C26H45N5O5. The molecule has 1 unspecified atom stereocenters. The number of carbonyl (C=O) groups excluding carboxylic acids is 1. The largest absolute Gasteiger partial charge is 0.626 e. The lowest BCUT2D eigenvalue weighted by atomic mass is 10.0. The molecule has 1 fully saturated rings. The second-order valence-corrected chi connectivity index (χ2v) is 9.65. The number of nitrogens with one attached hydrogen (secondary N) is 2. The van der Waals surface area contributed by atoms with Gasteiger partial charge in [0.1, 0.15) is 5.82 Å². The molecule has 36 heavy (non-hydrogen) atoms. The minimum atomic E-state index is -0.725. The lowest BCUT2D eigenvalue weighted by Crippen LogP contribution is -3.10. The normalized spacial score (nSPS) is 14.5. The van der Waals surface area contributed by atoms with E-state index in [0.29, 0.717) is 12.1 Å². The van der Waals surface area contributed by atoms with Crippen molar-refractivity contribution in [3.8, 4) is 0 Å². The van der Waals surface area contributed by atoms with Crippen LogP contribution in [0.4, 0.5) is 5.82 Å². The van der Waals surface area contributed by atoms with E-state index in [1.165, 1.54) is 57.6 Å². The first-order chi connectivity index (χ1) is 17.6. The van der Waals surface area contributed by atoms with E-state index >= 15 is 0 Å². The molecule has 1 aromatic heterocycles. The minimum Gasteiger partial charge on any atom is -0.626 e. The van der Waals surface area contributed by atoms with Crippen LogP contribution in [-0.4, -0.2) is 55.3 Å². The molecular weight excluding hydrogens is 462 g/mol. The minimum absolute atomic E-state index is 0.213. The van der Waals surface area contributed by atoms with Crippen LogP contribution < -0.4 is 15.3 Å². The molecule has 1 atom stereocenters. The van der Waals surface area contributed by atoms with E-state index in [2.05, 4.69) is 20.0 Å². The second-order valence-electron chi connectivity index (χ2n) is 9.65. The number of pyridine rings is 1. The highest BCUT2D eigenvalue weighted by Crippen LogP contribution is 2.13. The summed E-state index contributed by atoms with van der Waals surface area (Å²) >= 11 is 0. The van der Waals surface area contributed by atoms with Crippen LogP contribution in [0.15, 0.2) is 18.3 Å². The topological polar surface area (TPSA) is 125 Å². The zero-order chi connectivity index (χ0) is 25.8. The number of unbranched alkanes of at least 4 members (excludes halogenated alkanes) is 13. The van der Waals surface area contributed by atoms with Crippen molar-refractivity contribution in [3.05, 3.63) is 39.2 Å². The van der Waals surface area contributed by atoms with Crippen molar-refractivity contribution in [3.63, 3.8) is 0 Å². The molecule has 1 aliphatic rings. The third-order valence-electron chi connectivity index (χ3n) is 6.70. The van der Waals surface area contributed by atoms with Crippen molar-refractivity contribution in [1.82, 2.24) is 10.3 Å². The maximum atomic E-state index is 12.4. The maximum absolute atomic E-state index is 12.4. The molecule has 1 aliphatic heterocycles. The Hall–Kier alpha value is -2.30. The van der Waals surface area contributed by atoms with Crippen molar-refractivity contribution in [2.75, 3.05) is 44.2 Å². The smallest absolute Gasteiger partial charge is 0.345 e. The number of carbonyl (C=O) groups is 1. The van der Waals surface area contributed by atoms with E-state index in [-0.39, 0.29) is 11.7 Å². The van der Waals surface area contributed by atoms with E-state index in [1.54, 1.807) is 6.07 Å². The summed E-state index contributed by atoms with van der Waals surface area (Å²) in [7, 11) is 0. The lowest BCUT2D eigenvalue weighted by molar-refractivity contribution is -0.757. The summed E-state index contributed by atoms with van der Waals surface area (Å²) in [6.07, 6.45) is 17.2. The number of rotatable bonds is 20. The predicted octanol–water partition coefficient (Wildman–Crippen LogP) is 3.68. The highest BCUT2D eigenvalue weighted by Gasteiger charge is 2.16. The molecule has 0 aliphatic carbocycles. The molecule has 0 saturated carbocycles. The summed E-state index contributed by atoms with van der Waals surface area (Å²) in [5, 5.41) is 24.6. The lowest BCUT2D eigenvalue weighted by Gasteiger charge is -2.28. The van der Waals surface area contributed by atoms with Gasteiger partial charge in [0.15, 0.2) is 0 Å². The van der Waals surface area contributed by atoms with Crippen LogP contribution in [-0.2, 0) is 4.84 Å². The Morgan fingerprint density at radius 2 is 1.44 bits per heavy atom. The summed E-state index contributed by atoms with van der Waals surface area (Å²) in [4.78, 5) is 33.3. The van der Waals surface area contributed by atoms with E-state index in [4.69, 9.17) is 0 Å². The first-order valence-electron chi connectivity index (χ1n) is 13.8. The zero-order valence-corrected chi connectivity index (χ0v) is 21.8. The van der Waals surface area contributed by atoms with Crippen molar-refractivity contribution in [2.45, 2.75) is 89.9 Å². The molecule has 0 spiro atoms. The first kappa shape index (κ1) is 29.9. The van der Waals surface area contributed by atoms with E-state index in [9.17, 15) is 20.1 Å². The number of nitrogens with zero attached hydrogens (tertiary/aromatic N) is 3. The van der Waals surface area contributed by atoms with Gasteiger partial charge >= 0.3 is 5.91 Å². The maximum Gasteiger partial charge on any atom is 0.345 e. The third kappa shape index (κ3) is 13.1. The Bertz CT molecular complexity index is 728. The van der Waals surface area contributed by atoms with E-state index < -0.39 is 11.0 Å². The van der Waals surface area contributed by atoms with Gasteiger partial charge in [-0.15, -0.1) is 10.1 Å². The predicted molar refractivity (Wildman–Crippen MR) is 140 cm³/mol. The van der Waals surface area contributed by atoms with Crippen LogP contribution in [0.2, 0.25) is 0 Å². The highest BCUT2D eigenvalue weighted by atomic mass is 16.9. The summed E-state index contributed by atoms with van der Waals surface area (Å²) in [5.41, 5.74) is 0.390. The molecule has 10 nitrogen and oxygen atoms in total. The Morgan fingerprint density at radius 3 is 1.94 bits per heavy atom. The molecule has 204 valence electrons. The van der Waals surface area contributed by atoms with Crippen LogP contribution in [0.5, 0.6) is 0 Å². The Balaban J connectivity index is 1.39. The SMILES string of the molecule is O=C(c1ccc(N2CCNCC2)nc1)[NH+]([O-])CCCCCCCCCCCCCCCCO[N+](=O)[O-]. The fourth-order valence-electron chi connectivity index (χ4n) is 4.52. The second kappa shape index (κ2) is 18.9. The average Bonchev–Trinajstić information content (AvgIpc) is 2.90. The van der Waals surface area contributed by atoms with Crippen LogP contribution >= 0.6 is 0 Å². The van der Waals surface area contributed by atoms with Gasteiger partial charge in [0.2, 0.25) is 0 Å². The van der Waals surface area contributed by atoms with Crippen molar-refractivity contribution >= 4 is 11.7 Å². The van der Waals surface area contributed by atoms with Gasteiger partial charge in [0, 0.05) is 32.4 Å². The van der Waals surface area contributed by atoms with Crippen molar-refractivity contribution in [2.24, 2.45) is 0 Å². The quantitative estimate of drug-likeness (QED) is 0.156. The summed E-state index contributed by atoms with van der Waals surface area (Å²) in [6, 6.07) is 3.56. The van der Waals surface area contributed by atoms with Crippen LogP contribution in [0, 0.1) is 15.3 Å². The van der Waals surface area contributed by atoms with E-state index in [0.717, 1.165) is 70.5 Å². The fourth-order valence-corrected chi connectivity index (χ4v) is 4.52. The Kier molecular flexibility index (Phi) is 15.7. The highest BCUT2D eigenvalue weighted by molar-refractivity contribution is 5.87. The number of amides is 1. The molecule has 0 radical (unpaired) electrons. The summed E-state index contributed by atoms with van der Waals surface area (Å²) in [5.74, 6) is 0.439. The molecule has 0 aromatic carbocycles. The van der Waals surface area contributed by atoms with Gasteiger partial charge in [0.25, 0.3) is 5.09 Å². The Labute approximate surface area is 215 Å². The molecule has 1 saturated heterocycles. The van der Waals surface area contributed by atoms with Gasteiger partial charge < -0.3 is 25.3 Å².